The maximum atomic E-state index is 12.3. The number of carbonyl (C=O) groups excluding carboxylic acids is 1. The second-order valence-electron chi connectivity index (χ2n) is 6.93. The Balaban J connectivity index is 1.45. The van der Waals surface area contributed by atoms with Crippen molar-refractivity contribution in [1.82, 2.24) is 15.3 Å². The molecule has 1 amide bonds. The predicted octanol–water partition coefficient (Wildman–Crippen LogP) is 2.09. The lowest BCUT2D eigenvalue weighted by Crippen LogP contribution is -2.33. The lowest BCUT2D eigenvalue weighted by molar-refractivity contribution is 0.0944. The van der Waals surface area contributed by atoms with E-state index in [1.807, 2.05) is 0 Å². The molecule has 2 aliphatic rings. The summed E-state index contributed by atoms with van der Waals surface area (Å²) in [5.41, 5.74) is 3.79. The van der Waals surface area contributed by atoms with Crippen molar-refractivity contribution in [2.45, 2.75) is 32.6 Å². The number of hydrogen-bond donors (Lipinski definition) is 2. The van der Waals surface area contributed by atoms with Crippen molar-refractivity contribution in [2.75, 3.05) is 6.54 Å². The molecular formula is C19H21N3O2. The average molecular weight is 323 g/mol. The van der Waals surface area contributed by atoms with E-state index < -0.39 is 5.56 Å². The molecule has 5 heteroatoms. The quantitative estimate of drug-likeness (QED) is 0.908. The van der Waals surface area contributed by atoms with Gasteiger partial charge in [0.1, 0.15) is 0 Å². The molecule has 124 valence electrons. The Bertz CT molecular complexity index is 871. The van der Waals surface area contributed by atoms with Crippen molar-refractivity contribution >= 4 is 5.91 Å². The van der Waals surface area contributed by atoms with Crippen LogP contribution in [0.2, 0.25) is 0 Å². The summed E-state index contributed by atoms with van der Waals surface area (Å²) >= 11 is 0. The number of rotatable bonds is 3. The van der Waals surface area contributed by atoms with Crippen LogP contribution in [0.1, 0.15) is 45.3 Å². The molecule has 5 nitrogen and oxygen atoms in total. The molecule has 0 bridgehead atoms. The van der Waals surface area contributed by atoms with Crippen LogP contribution in [0.15, 0.2) is 29.1 Å². The van der Waals surface area contributed by atoms with Gasteiger partial charge in [-0.15, -0.1) is 0 Å². The van der Waals surface area contributed by atoms with Crippen molar-refractivity contribution in [3.63, 3.8) is 0 Å². The number of aryl methyl sites for hydroxylation is 3. The van der Waals surface area contributed by atoms with Crippen molar-refractivity contribution < 1.29 is 4.79 Å². The molecule has 1 aromatic carbocycles. The summed E-state index contributed by atoms with van der Waals surface area (Å²) in [6.07, 6.45) is 2.31. The van der Waals surface area contributed by atoms with Crippen LogP contribution in [0, 0.1) is 25.7 Å². The molecule has 0 aliphatic heterocycles. The Morgan fingerprint density at radius 1 is 1.33 bits per heavy atom. The SMILES string of the molecule is Cc1nc(C(=O)NC[C@@H]2[C@H]3CCc4ccccc4[C@H]32)c(=O)[nH]c1C. The first kappa shape index (κ1) is 15.1. The first-order chi connectivity index (χ1) is 11.6. The summed E-state index contributed by atoms with van der Waals surface area (Å²) in [5.74, 6) is 1.31. The zero-order valence-electron chi connectivity index (χ0n) is 13.9. The van der Waals surface area contributed by atoms with Gasteiger partial charge in [0.25, 0.3) is 11.5 Å². The van der Waals surface area contributed by atoms with Crippen molar-refractivity contribution in [2.24, 2.45) is 11.8 Å². The second-order valence-corrected chi connectivity index (χ2v) is 6.93. The Kier molecular flexibility index (Phi) is 3.52. The van der Waals surface area contributed by atoms with Gasteiger partial charge < -0.3 is 10.3 Å². The summed E-state index contributed by atoms with van der Waals surface area (Å²) in [7, 11) is 0. The largest absolute Gasteiger partial charge is 0.350 e. The Morgan fingerprint density at radius 2 is 2.12 bits per heavy atom. The molecule has 0 unspecified atom stereocenters. The van der Waals surface area contributed by atoms with E-state index in [4.69, 9.17) is 0 Å². The third-order valence-electron chi connectivity index (χ3n) is 5.54. The minimum atomic E-state index is -0.422. The first-order valence-electron chi connectivity index (χ1n) is 8.50. The van der Waals surface area contributed by atoms with Gasteiger partial charge in [0.05, 0.1) is 5.69 Å². The van der Waals surface area contributed by atoms with E-state index in [9.17, 15) is 9.59 Å². The van der Waals surface area contributed by atoms with Crippen LogP contribution in [0.25, 0.3) is 0 Å². The number of carbonyl (C=O) groups is 1. The second kappa shape index (κ2) is 5.58. The number of nitrogens with zero attached hydrogens (tertiary/aromatic N) is 1. The Morgan fingerprint density at radius 3 is 2.96 bits per heavy atom. The van der Waals surface area contributed by atoms with Crippen molar-refractivity contribution in [3.8, 4) is 0 Å². The van der Waals surface area contributed by atoms with E-state index >= 15 is 0 Å². The van der Waals surface area contributed by atoms with E-state index in [2.05, 4.69) is 39.6 Å². The summed E-state index contributed by atoms with van der Waals surface area (Å²) < 4.78 is 0. The molecule has 4 rings (SSSR count). The third-order valence-corrected chi connectivity index (χ3v) is 5.54. The number of hydrogen-bond acceptors (Lipinski definition) is 3. The van der Waals surface area contributed by atoms with E-state index in [0.29, 0.717) is 35.7 Å². The molecule has 1 aromatic heterocycles. The third kappa shape index (κ3) is 2.44. The van der Waals surface area contributed by atoms with Crippen LogP contribution in [0.3, 0.4) is 0 Å². The first-order valence-corrected chi connectivity index (χ1v) is 8.50. The molecule has 24 heavy (non-hydrogen) atoms. The lowest BCUT2D eigenvalue weighted by atomic mass is 9.92. The maximum absolute atomic E-state index is 12.3. The molecule has 3 atom stereocenters. The van der Waals surface area contributed by atoms with Crippen LogP contribution in [0.4, 0.5) is 0 Å². The van der Waals surface area contributed by atoms with Crippen LogP contribution >= 0.6 is 0 Å². The molecule has 1 heterocycles. The molecule has 2 aliphatic carbocycles. The van der Waals surface area contributed by atoms with Gasteiger partial charge in [-0.3, -0.25) is 9.59 Å². The molecule has 0 spiro atoms. The molecule has 1 saturated carbocycles. The summed E-state index contributed by atoms with van der Waals surface area (Å²) in [6, 6.07) is 8.60. The highest BCUT2D eigenvalue weighted by atomic mass is 16.2. The normalized spacial score (nSPS) is 24.0. The lowest BCUT2D eigenvalue weighted by Gasteiger charge is -2.13. The highest BCUT2D eigenvalue weighted by Crippen LogP contribution is 2.59. The van der Waals surface area contributed by atoms with Crippen molar-refractivity contribution in [3.05, 3.63) is 62.8 Å². The number of benzene rings is 1. The molecule has 0 radical (unpaired) electrons. The van der Waals surface area contributed by atoms with Gasteiger partial charge in [0, 0.05) is 12.2 Å². The summed E-state index contributed by atoms with van der Waals surface area (Å²) in [5, 5.41) is 2.91. The van der Waals surface area contributed by atoms with E-state index in [1.54, 1.807) is 13.8 Å². The molecule has 2 N–H and O–H groups in total. The summed E-state index contributed by atoms with van der Waals surface area (Å²) in [4.78, 5) is 31.1. The van der Waals surface area contributed by atoms with Gasteiger partial charge in [-0.05, 0) is 55.6 Å². The number of nitrogens with one attached hydrogen (secondary N) is 2. The van der Waals surface area contributed by atoms with Gasteiger partial charge in [-0.2, -0.15) is 0 Å². The standard InChI is InChI=1S/C19H21N3O2/c1-10-11(2)22-19(24)17(21-10)18(23)20-9-15-14-8-7-12-5-3-4-6-13(12)16(14)15/h3-6,14-16H,7-9H2,1-2H3,(H,20,23)(H,22,24)/t14-,15-,16-/m1/s1. The van der Waals surface area contributed by atoms with E-state index in [0.717, 1.165) is 6.42 Å². The smallest absolute Gasteiger partial charge is 0.279 e. The number of aromatic amines is 1. The Labute approximate surface area is 140 Å². The summed E-state index contributed by atoms with van der Waals surface area (Å²) in [6.45, 7) is 4.17. The zero-order chi connectivity index (χ0) is 16.8. The fourth-order valence-electron chi connectivity index (χ4n) is 4.06. The highest BCUT2D eigenvalue weighted by Gasteiger charge is 2.52. The Hall–Kier alpha value is -2.43. The highest BCUT2D eigenvalue weighted by molar-refractivity contribution is 5.91. The molecule has 0 saturated heterocycles. The average Bonchev–Trinajstić information content (AvgIpc) is 3.30. The minimum absolute atomic E-state index is 0.0397. The topological polar surface area (TPSA) is 74.8 Å². The fourth-order valence-corrected chi connectivity index (χ4v) is 4.06. The molecule has 1 fully saturated rings. The van der Waals surface area contributed by atoms with Crippen molar-refractivity contribution in [1.29, 1.82) is 0 Å². The van der Waals surface area contributed by atoms with Gasteiger partial charge in [0.15, 0.2) is 5.69 Å². The van der Waals surface area contributed by atoms with Crippen LogP contribution in [0.5, 0.6) is 0 Å². The van der Waals surface area contributed by atoms with Crippen LogP contribution < -0.4 is 10.9 Å². The predicted molar refractivity (Wildman–Crippen MR) is 91.1 cm³/mol. The van der Waals surface area contributed by atoms with Gasteiger partial charge in [-0.25, -0.2) is 4.98 Å². The minimum Gasteiger partial charge on any atom is -0.350 e. The molecular weight excluding hydrogens is 302 g/mol. The molecule has 2 aromatic rings. The number of aromatic nitrogens is 2. The number of fused-ring (bicyclic) bond motifs is 3. The number of amides is 1. The van der Waals surface area contributed by atoms with E-state index in [1.165, 1.54) is 17.5 Å². The van der Waals surface area contributed by atoms with Gasteiger partial charge in [-0.1, -0.05) is 24.3 Å². The monoisotopic (exact) mass is 323 g/mol. The van der Waals surface area contributed by atoms with Crippen LogP contribution in [-0.4, -0.2) is 22.4 Å². The van der Waals surface area contributed by atoms with E-state index in [-0.39, 0.29) is 11.6 Å². The van der Waals surface area contributed by atoms with Crippen LogP contribution in [-0.2, 0) is 6.42 Å². The maximum Gasteiger partial charge on any atom is 0.279 e. The zero-order valence-corrected chi connectivity index (χ0v) is 13.9. The van der Waals surface area contributed by atoms with Gasteiger partial charge >= 0.3 is 0 Å². The fraction of sp³-hybridized carbons (Fsp3) is 0.421. The number of H-pyrrole nitrogens is 1. The van der Waals surface area contributed by atoms with Gasteiger partial charge in [0.2, 0.25) is 0 Å².